The van der Waals surface area contributed by atoms with Gasteiger partial charge in [-0.2, -0.15) is 5.10 Å². The molecule has 0 aliphatic rings. The predicted molar refractivity (Wildman–Crippen MR) is 81.2 cm³/mol. The number of nitro groups is 1. The molecule has 1 N–H and O–H groups in total. The van der Waals surface area contributed by atoms with Gasteiger partial charge < -0.3 is 4.74 Å². The average Bonchev–Trinajstić information content (AvgIpc) is 2.55. The monoisotopic (exact) mass is 299 g/mol. The lowest BCUT2D eigenvalue weighted by Crippen LogP contribution is -2.19. The number of hydrogen-bond acceptors (Lipinski definition) is 5. The van der Waals surface area contributed by atoms with Gasteiger partial charge in [0.25, 0.3) is 11.6 Å². The van der Waals surface area contributed by atoms with Gasteiger partial charge in [-0.25, -0.2) is 5.43 Å². The van der Waals surface area contributed by atoms with Gasteiger partial charge in [-0.1, -0.05) is 24.3 Å². The first kappa shape index (κ1) is 15.2. The summed E-state index contributed by atoms with van der Waals surface area (Å²) in [5, 5.41) is 14.7. The number of hydrogen-bond donors (Lipinski definition) is 1. The number of ether oxygens (including phenoxy) is 1. The third-order valence-electron chi connectivity index (χ3n) is 2.85. The molecule has 0 unspecified atom stereocenters. The third-order valence-corrected chi connectivity index (χ3v) is 2.85. The van der Waals surface area contributed by atoms with Crippen LogP contribution in [0.5, 0.6) is 5.75 Å². The first-order valence-electron chi connectivity index (χ1n) is 6.33. The molecule has 0 spiro atoms. The fourth-order valence-corrected chi connectivity index (χ4v) is 1.82. The number of amides is 1. The molecule has 0 aromatic heterocycles. The van der Waals surface area contributed by atoms with Crippen molar-refractivity contribution in [1.29, 1.82) is 0 Å². The standard InChI is InChI=1S/C15H13N3O4/c1-22-14-9-5-2-6-11(14)10-16-17-15(19)12-7-3-4-8-13(12)18(20)21/h2-10H,1H3,(H,17,19). The van der Waals surface area contributed by atoms with E-state index in [-0.39, 0.29) is 11.3 Å². The molecule has 7 heteroatoms. The summed E-state index contributed by atoms with van der Waals surface area (Å²) >= 11 is 0. The molecule has 0 saturated carbocycles. The summed E-state index contributed by atoms with van der Waals surface area (Å²) in [4.78, 5) is 22.2. The maximum Gasteiger partial charge on any atom is 0.282 e. The van der Waals surface area contributed by atoms with Crippen LogP contribution in [0.15, 0.2) is 53.6 Å². The molecule has 22 heavy (non-hydrogen) atoms. The molecule has 0 bridgehead atoms. The van der Waals surface area contributed by atoms with Gasteiger partial charge in [0.15, 0.2) is 0 Å². The second-order valence-corrected chi connectivity index (χ2v) is 4.22. The number of carbonyl (C=O) groups excluding carboxylic acids is 1. The SMILES string of the molecule is COc1ccccc1C=NNC(=O)c1ccccc1[N+](=O)[O-]. The molecule has 0 aliphatic heterocycles. The van der Waals surface area contributed by atoms with Gasteiger partial charge in [-0.3, -0.25) is 14.9 Å². The lowest BCUT2D eigenvalue weighted by Gasteiger charge is -2.03. The Kier molecular flexibility index (Phi) is 4.81. The van der Waals surface area contributed by atoms with Crippen LogP contribution in [0.4, 0.5) is 5.69 Å². The van der Waals surface area contributed by atoms with Gasteiger partial charge in [0, 0.05) is 11.6 Å². The maximum absolute atomic E-state index is 12.0. The number of nitrogens with zero attached hydrogens (tertiary/aromatic N) is 2. The van der Waals surface area contributed by atoms with E-state index in [1.165, 1.54) is 31.5 Å². The Morgan fingerprint density at radius 3 is 2.64 bits per heavy atom. The van der Waals surface area contributed by atoms with Gasteiger partial charge in [0.1, 0.15) is 11.3 Å². The summed E-state index contributed by atoms with van der Waals surface area (Å²) in [6.45, 7) is 0. The second-order valence-electron chi connectivity index (χ2n) is 4.22. The lowest BCUT2D eigenvalue weighted by molar-refractivity contribution is -0.385. The van der Waals surface area contributed by atoms with E-state index in [2.05, 4.69) is 10.5 Å². The molecule has 0 saturated heterocycles. The molecule has 0 fully saturated rings. The van der Waals surface area contributed by atoms with Crippen LogP contribution in [0.1, 0.15) is 15.9 Å². The van der Waals surface area contributed by atoms with Crippen molar-refractivity contribution in [2.45, 2.75) is 0 Å². The number of para-hydroxylation sites is 2. The van der Waals surface area contributed by atoms with Crippen molar-refractivity contribution >= 4 is 17.8 Å². The highest BCUT2D eigenvalue weighted by Crippen LogP contribution is 2.17. The largest absolute Gasteiger partial charge is 0.496 e. The minimum atomic E-state index is -0.654. The summed E-state index contributed by atoms with van der Waals surface area (Å²) in [5.74, 6) is -0.0513. The molecule has 7 nitrogen and oxygen atoms in total. The minimum absolute atomic E-state index is 0.0512. The highest BCUT2D eigenvalue weighted by Gasteiger charge is 2.18. The molecular weight excluding hydrogens is 286 g/mol. The molecule has 2 rings (SSSR count). The first-order chi connectivity index (χ1) is 10.6. The van der Waals surface area contributed by atoms with Gasteiger partial charge in [-0.05, 0) is 18.2 Å². The quantitative estimate of drug-likeness (QED) is 0.521. The van der Waals surface area contributed by atoms with Crippen LogP contribution in [0, 0.1) is 10.1 Å². The van der Waals surface area contributed by atoms with Crippen molar-refractivity contribution in [1.82, 2.24) is 5.43 Å². The van der Waals surface area contributed by atoms with E-state index >= 15 is 0 Å². The molecule has 1 amide bonds. The molecule has 0 atom stereocenters. The van der Waals surface area contributed by atoms with Crippen molar-refractivity contribution in [2.24, 2.45) is 5.10 Å². The van der Waals surface area contributed by atoms with Crippen LogP contribution >= 0.6 is 0 Å². The maximum atomic E-state index is 12.0. The summed E-state index contributed by atoms with van der Waals surface area (Å²) in [5.41, 5.74) is 2.62. The predicted octanol–water partition coefficient (Wildman–Crippen LogP) is 2.37. The van der Waals surface area contributed by atoms with Crippen LogP contribution in [-0.4, -0.2) is 24.2 Å². The van der Waals surface area contributed by atoms with Crippen molar-refractivity contribution in [3.63, 3.8) is 0 Å². The second kappa shape index (κ2) is 6.98. The number of benzene rings is 2. The summed E-state index contributed by atoms with van der Waals surface area (Å²) < 4.78 is 5.14. The smallest absolute Gasteiger partial charge is 0.282 e. The Morgan fingerprint density at radius 2 is 1.91 bits per heavy atom. The zero-order chi connectivity index (χ0) is 15.9. The summed E-state index contributed by atoms with van der Waals surface area (Å²) in [6, 6.07) is 12.8. The highest BCUT2D eigenvalue weighted by atomic mass is 16.6. The van der Waals surface area contributed by atoms with Crippen LogP contribution < -0.4 is 10.2 Å². The van der Waals surface area contributed by atoms with Gasteiger partial charge in [0.05, 0.1) is 18.2 Å². The molecular formula is C15H13N3O4. The normalized spacial score (nSPS) is 10.4. The van der Waals surface area contributed by atoms with Crippen LogP contribution in [-0.2, 0) is 0 Å². The van der Waals surface area contributed by atoms with Crippen molar-refractivity contribution in [3.05, 3.63) is 69.8 Å². The Hall–Kier alpha value is -3.22. The Morgan fingerprint density at radius 1 is 1.23 bits per heavy atom. The van der Waals surface area contributed by atoms with E-state index < -0.39 is 10.8 Å². The zero-order valence-electron chi connectivity index (χ0n) is 11.7. The Balaban J connectivity index is 2.13. The number of methoxy groups -OCH3 is 1. The third kappa shape index (κ3) is 3.45. The first-order valence-corrected chi connectivity index (χ1v) is 6.33. The van der Waals surface area contributed by atoms with E-state index in [1.54, 1.807) is 24.3 Å². The summed E-state index contributed by atoms with van der Waals surface area (Å²) in [6.07, 6.45) is 1.41. The topological polar surface area (TPSA) is 93.8 Å². The molecule has 0 heterocycles. The highest BCUT2D eigenvalue weighted by molar-refractivity contribution is 5.98. The van der Waals surface area contributed by atoms with Gasteiger partial charge in [0.2, 0.25) is 0 Å². The number of rotatable bonds is 5. The van der Waals surface area contributed by atoms with E-state index in [1.807, 2.05) is 6.07 Å². The molecule has 2 aromatic carbocycles. The van der Waals surface area contributed by atoms with Crippen LogP contribution in [0.3, 0.4) is 0 Å². The Bertz CT molecular complexity index is 728. The van der Waals surface area contributed by atoms with Crippen molar-refractivity contribution in [2.75, 3.05) is 7.11 Å². The number of hydrazone groups is 1. The minimum Gasteiger partial charge on any atom is -0.496 e. The number of nitrogens with one attached hydrogen (secondary N) is 1. The fourth-order valence-electron chi connectivity index (χ4n) is 1.82. The molecule has 0 radical (unpaired) electrons. The zero-order valence-corrected chi connectivity index (χ0v) is 11.7. The number of nitro benzene ring substituents is 1. The molecule has 0 aliphatic carbocycles. The molecule has 112 valence electrons. The van der Waals surface area contributed by atoms with Crippen LogP contribution in [0.2, 0.25) is 0 Å². The lowest BCUT2D eigenvalue weighted by atomic mass is 10.2. The number of carbonyl (C=O) groups is 1. The summed E-state index contributed by atoms with van der Waals surface area (Å²) in [7, 11) is 1.53. The van der Waals surface area contributed by atoms with Crippen LogP contribution in [0.25, 0.3) is 0 Å². The van der Waals surface area contributed by atoms with E-state index in [0.29, 0.717) is 11.3 Å². The van der Waals surface area contributed by atoms with E-state index in [9.17, 15) is 14.9 Å². The van der Waals surface area contributed by atoms with Crippen molar-refractivity contribution in [3.8, 4) is 5.75 Å². The average molecular weight is 299 g/mol. The van der Waals surface area contributed by atoms with Gasteiger partial charge in [-0.15, -0.1) is 0 Å². The molecule has 2 aromatic rings. The van der Waals surface area contributed by atoms with Gasteiger partial charge >= 0.3 is 0 Å². The van der Waals surface area contributed by atoms with E-state index in [4.69, 9.17) is 4.74 Å². The van der Waals surface area contributed by atoms with E-state index in [0.717, 1.165) is 0 Å². The Labute approximate surface area is 126 Å². The fraction of sp³-hybridized carbons (Fsp3) is 0.0667. The van der Waals surface area contributed by atoms with Crippen molar-refractivity contribution < 1.29 is 14.5 Å².